The molecule has 0 amide bonds. The third kappa shape index (κ3) is 8.21. The summed E-state index contributed by atoms with van der Waals surface area (Å²) in [5.74, 6) is 0. The fourth-order valence-electron chi connectivity index (χ4n) is 12.4. The van der Waals surface area contributed by atoms with Crippen molar-refractivity contribution >= 4 is 98.8 Å². The first-order chi connectivity index (χ1) is 39.7. The van der Waals surface area contributed by atoms with Gasteiger partial charge in [0.15, 0.2) is 0 Å². The van der Waals surface area contributed by atoms with Crippen LogP contribution in [0.25, 0.3) is 109 Å². The SMILES string of the molecule is c1ccc(-c2ccc(-c3c4ccc(N(c5cccc6ccccc56)c5cccc6ccccc56)cc4c(-c4ccc(-c5ccccc5)cc4)c4ccc(N(c5ccc6ccccc6c5)c5cccc6ccccc56)cc34)cc2)cc1. The zero-order valence-electron chi connectivity index (χ0n) is 43.9. The Morgan fingerprint density at radius 1 is 0.163 bits per heavy atom. The monoisotopic (exact) mass is 1020 g/mol. The summed E-state index contributed by atoms with van der Waals surface area (Å²) in [4.78, 5) is 4.95. The van der Waals surface area contributed by atoms with Gasteiger partial charge < -0.3 is 9.80 Å². The van der Waals surface area contributed by atoms with E-state index in [0.29, 0.717) is 0 Å². The van der Waals surface area contributed by atoms with E-state index < -0.39 is 0 Å². The van der Waals surface area contributed by atoms with Gasteiger partial charge in [-0.15, -0.1) is 0 Å². The predicted molar refractivity (Wildman–Crippen MR) is 343 cm³/mol. The lowest BCUT2D eigenvalue weighted by Gasteiger charge is -2.30. The van der Waals surface area contributed by atoms with Gasteiger partial charge in [-0.3, -0.25) is 0 Å². The molecular weight excluding hydrogens is 965 g/mol. The number of anilines is 6. The normalized spacial score (nSPS) is 11.5. The lowest BCUT2D eigenvalue weighted by atomic mass is 9.84. The highest BCUT2D eigenvalue weighted by Gasteiger charge is 2.24. The van der Waals surface area contributed by atoms with Gasteiger partial charge in [0, 0.05) is 33.2 Å². The van der Waals surface area contributed by atoms with E-state index in [1.807, 2.05) is 0 Å². The Morgan fingerprint density at radius 2 is 0.487 bits per heavy atom. The molecular formula is C78H52N2. The molecule has 0 aliphatic rings. The summed E-state index contributed by atoms with van der Waals surface area (Å²) in [6.07, 6.45) is 0. The molecule has 15 rings (SSSR count). The maximum absolute atomic E-state index is 2.49. The second-order valence-electron chi connectivity index (χ2n) is 20.8. The lowest BCUT2D eigenvalue weighted by Crippen LogP contribution is -2.11. The molecule has 0 heterocycles. The van der Waals surface area contributed by atoms with Crippen LogP contribution in [0.15, 0.2) is 315 Å². The Hall–Kier alpha value is -10.5. The Kier molecular flexibility index (Phi) is 11.6. The van der Waals surface area contributed by atoms with Crippen LogP contribution >= 0.6 is 0 Å². The number of hydrogen-bond donors (Lipinski definition) is 0. The van der Waals surface area contributed by atoms with Crippen molar-refractivity contribution in [2.75, 3.05) is 9.80 Å². The van der Waals surface area contributed by atoms with E-state index in [0.717, 1.165) is 45.3 Å². The molecule has 0 saturated heterocycles. The third-order valence-corrected chi connectivity index (χ3v) is 16.2. The van der Waals surface area contributed by atoms with E-state index in [1.54, 1.807) is 0 Å². The maximum atomic E-state index is 2.49. The van der Waals surface area contributed by atoms with Gasteiger partial charge in [0.1, 0.15) is 0 Å². The zero-order chi connectivity index (χ0) is 52.9. The minimum atomic E-state index is 1.07. The van der Waals surface area contributed by atoms with Gasteiger partial charge in [0.2, 0.25) is 0 Å². The molecule has 15 aromatic carbocycles. The van der Waals surface area contributed by atoms with Crippen LogP contribution in [0, 0.1) is 0 Å². The largest absolute Gasteiger partial charge is 0.310 e. The predicted octanol–water partition coefficient (Wildman–Crippen LogP) is 22.2. The summed E-state index contributed by atoms with van der Waals surface area (Å²) in [5, 5.41) is 14.2. The number of fused-ring (bicyclic) bond motifs is 6. The third-order valence-electron chi connectivity index (χ3n) is 16.2. The molecule has 0 saturated carbocycles. The van der Waals surface area contributed by atoms with Crippen molar-refractivity contribution in [3.63, 3.8) is 0 Å². The van der Waals surface area contributed by atoms with E-state index >= 15 is 0 Å². The van der Waals surface area contributed by atoms with E-state index in [-0.39, 0.29) is 0 Å². The van der Waals surface area contributed by atoms with E-state index in [4.69, 9.17) is 0 Å². The van der Waals surface area contributed by atoms with Crippen molar-refractivity contribution in [1.29, 1.82) is 0 Å². The lowest BCUT2D eigenvalue weighted by molar-refractivity contribution is 1.31. The van der Waals surface area contributed by atoms with Crippen LogP contribution in [-0.4, -0.2) is 0 Å². The van der Waals surface area contributed by atoms with Crippen LogP contribution in [0.3, 0.4) is 0 Å². The van der Waals surface area contributed by atoms with Crippen molar-refractivity contribution in [2.45, 2.75) is 0 Å². The van der Waals surface area contributed by atoms with Crippen molar-refractivity contribution in [3.8, 4) is 44.5 Å². The molecule has 0 spiro atoms. The van der Waals surface area contributed by atoms with Gasteiger partial charge in [-0.05, 0) is 148 Å². The van der Waals surface area contributed by atoms with Crippen molar-refractivity contribution in [1.82, 2.24) is 0 Å². The molecule has 15 aromatic rings. The van der Waals surface area contributed by atoms with Gasteiger partial charge in [-0.2, -0.15) is 0 Å². The molecule has 374 valence electrons. The minimum absolute atomic E-state index is 1.07. The molecule has 0 aliphatic heterocycles. The Bertz CT molecular complexity index is 4720. The highest BCUT2D eigenvalue weighted by molar-refractivity contribution is 6.23. The summed E-state index contributed by atoms with van der Waals surface area (Å²) in [6, 6.07) is 116. The van der Waals surface area contributed by atoms with Crippen LogP contribution in [0.1, 0.15) is 0 Å². The summed E-state index contributed by atoms with van der Waals surface area (Å²) in [6.45, 7) is 0. The van der Waals surface area contributed by atoms with Crippen LogP contribution in [0.2, 0.25) is 0 Å². The molecule has 0 bridgehead atoms. The van der Waals surface area contributed by atoms with E-state index in [9.17, 15) is 0 Å². The molecule has 0 radical (unpaired) electrons. The average molecular weight is 1020 g/mol. The first-order valence-electron chi connectivity index (χ1n) is 27.6. The average Bonchev–Trinajstić information content (AvgIpc) is 3.64. The summed E-state index contributed by atoms with van der Waals surface area (Å²) in [5.41, 5.74) is 16.0. The maximum Gasteiger partial charge on any atom is 0.0540 e. The van der Waals surface area contributed by atoms with Gasteiger partial charge >= 0.3 is 0 Å². The summed E-state index contributed by atoms with van der Waals surface area (Å²) >= 11 is 0. The van der Waals surface area contributed by atoms with Gasteiger partial charge in [0.05, 0.1) is 17.1 Å². The molecule has 0 aromatic heterocycles. The van der Waals surface area contributed by atoms with Gasteiger partial charge in [-0.25, -0.2) is 0 Å². The van der Waals surface area contributed by atoms with Crippen LogP contribution < -0.4 is 9.80 Å². The summed E-state index contributed by atoms with van der Waals surface area (Å²) < 4.78 is 0. The molecule has 80 heavy (non-hydrogen) atoms. The quantitative estimate of drug-likeness (QED) is 0.126. The highest BCUT2D eigenvalue weighted by Crippen LogP contribution is 2.50. The van der Waals surface area contributed by atoms with Gasteiger partial charge in [-0.1, -0.05) is 261 Å². The standard InChI is InChI=1S/C78H52N2/c1-3-18-53(19-4-1)56-36-40-61(41-37-56)77-71-49-47-66(80(75-34-16-28-59-24-10-13-31-68(59)75)76-35-17-29-60-25-11-14-32-69(60)76)52-73(71)78(62-42-38-57(39-43-62)54-20-5-2-6-21-54)70-48-46-65(51-72(70)77)79(64-45-44-55-22-7-8-26-63(55)50-64)74-33-15-27-58-23-9-12-30-67(58)74/h1-52H. The summed E-state index contributed by atoms with van der Waals surface area (Å²) in [7, 11) is 0. The highest BCUT2D eigenvalue weighted by atomic mass is 15.2. The number of hydrogen-bond acceptors (Lipinski definition) is 2. The molecule has 0 N–H and O–H groups in total. The van der Waals surface area contributed by atoms with Crippen LogP contribution in [0.5, 0.6) is 0 Å². The first-order valence-corrected chi connectivity index (χ1v) is 27.6. The molecule has 0 aliphatic carbocycles. The van der Waals surface area contributed by atoms with Crippen molar-refractivity contribution in [2.24, 2.45) is 0 Å². The molecule has 0 atom stereocenters. The van der Waals surface area contributed by atoms with E-state index in [2.05, 4.69) is 325 Å². The Labute approximate surface area is 465 Å². The molecule has 2 heteroatoms. The minimum Gasteiger partial charge on any atom is -0.310 e. The van der Waals surface area contributed by atoms with Crippen LogP contribution in [0.4, 0.5) is 34.1 Å². The molecule has 0 fully saturated rings. The Balaban J connectivity index is 1.05. The smallest absolute Gasteiger partial charge is 0.0540 e. The number of benzene rings is 15. The van der Waals surface area contributed by atoms with Crippen molar-refractivity contribution < 1.29 is 0 Å². The number of rotatable bonds is 10. The second-order valence-corrected chi connectivity index (χ2v) is 20.8. The molecule has 2 nitrogen and oxygen atoms in total. The molecule has 0 unspecified atom stereocenters. The van der Waals surface area contributed by atoms with Crippen molar-refractivity contribution in [3.05, 3.63) is 315 Å². The van der Waals surface area contributed by atoms with Gasteiger partial charge in [0.25, 0.3) is 0 Å². The zero-order valence-corrected chi connectivity index (χ0v) is 43.9. The van der Waals surface area contributed by atoms with E-state index in [1.165, 1.54) is 98.0 Å². The topological polar surface area (TPSA) is 6.48 Å². The Morgan fingerprint density at radius 3 is 0.950 bits per heavy atom. The second kappa shape index (κ2) is 19.8. The fraction of sp³-hybridized carbons (Fsp3) is 0. The first kappa shape index (κ1) is 46.7. The fourth-order valence-corrected chi connectivity index (χ4v) is 12.4. The van der Waals surface area contributed by atoms with Crippen LogP contribution in [-0.2, 0) is 0 Å². The number of nitrogens with zero attached hydrogens (tertiary/aromatic N) is 2.